The first-order valence-electron chi connectivity index (χ1n) is 36.4. The first-order valence-corrected chi connectivity index (χ1v) is 36.4. The second kappa shape index (κ2) is 24.8. The zero-order valence-corrected chi connectivity index (χ0v) is 61.1. The van der Waals surface area contributed by atoms with E-state index in [-0.39, 0.29) is 45.3 Å². The third-order valence-corrected chi connectivity index (χ3v) is 23.5. The lowest BCUT2D eigenvalue weighted by Gasteiger charge is -2.31. The van der Waals surface area contributed by atoms with Crippen LogP contribution in [0.2, 0.25) is 0 Å². The van der Waals surface area contributed by atoms with Crippen molar-refractivity contribution in [1.82, 2.24) is 0 Å². The number of alkyl halides is 12. The van der Waals surface area contributed by atoms with Crippen molar-refractivity contribution in [3.8, 4) is 113 Å². The maximum atomic E-state index is 15.4. The summed E-state index contributed by atoms with van der Waals surface area (Å²) in [4.78, 5) is 0. The molecule has 17 aliphatic rings. The van der Waals surface area contributed by atoms with Gasteiger partial charge < -0.3 is 18.9 Å². The maximum Gasteiger partial charge on any atom is 0.420 e. The Bertz CT molecular complexity index is 5010. The Balaban J connectivity index is 0.743. The lowest BCUT2D eigenvalue weighted by molar-refractivity contribution is -0.139. The van der Waals surface area contributed by atoms with Gasteiger partial charge in [-0.3, -0.25) is 0 Å². The van der Waals surface area contributed by atoms with Gasteiger partial charge in [0.05, 0.1) is 22.3 Å². The van der Waals surface area contributed by atoms with E-state index in [4.69, 9.17) is 18.9 Å². The highest BCUT2D eigenvalue weighted by Crippen LogP contribution is 2.66. The molecule has 556 valence electrons. The number of rotatable bonds is 0. The van der Waals surface area contributed by atoms with Crippen LogP contribution in [0, 0.1) is 0 Å². The molecule has 4 aliphatic carbocycles. The predicted octanol–water partition coefficient (Wildman–Crippen LogP) is 28.5. The van der Waals surface area contributed by atoms with Gasteiger partial charge in [0.2, 0.25) is 0 Å². The minimum Gasteiger partial charge on any atom is -0.457 e. The fourth-order valence-corrected chi connectivity index (χ4v) is 18.9. The molecule has 29 rings (SSSR count). The second-order valence-electron chi connectivity index (χ2n) is 32.8. The Morgan fingerprint density at radius 2 is 0.364 bits per heavy atom. The van der Waals surface area contributed by atoms with E-state index in [1.807, 2.05) is 24.3 Å². The number of ether oxygens (including phenoxy) is 4. The van der Waals surface area contributed by atoms with Crippen LogP contribution in [0.4, 0.5) is 52.7 Å². The van der Waals surface area contributed by atoms with E-state index in [2.05, 4.69) is 55.4 Å². The zero-order chi connectivity index (χ0) is 77.4. The quantitative estimate of drug-likeness (QED) is 0.142. The summed E-state index contributed by atoms with van der Waals surface area (Å²) in [7, 11) is 0. The Morgan fingerprint density at radius 3 is 0.536 bits per heavy atom. The van der Waals surface area contributed by atoms with Gasteiger partial charge in [-0.2, -0.15) is 52.7 Å². The SMILES string of the molecule is CC1(C)CC23CC(C)(C)c4ccc(cc42)Oc2ccc(cc2C(F)(F)F)-c2ccc(cc2)-c2ccc(cc2)-c2ccc(c(C(F)(F)F)c2)Oc2ccc4c(c2)C2(CC(C)(C)c5ccc(cc52)Oc2ccc(cc2C(F)(F)F)-c2ccc(cc2)-c2ccc(cc2)-c2ccc(c(C(F)(F)F)c2)Oc2ccc1c3c2)CC4(C)C. The number of hydrogen-bond acceptors (Lipinski definition) is 4. The maximum absolute atomic E-state index is 15.4. The van der Waals surface area contributed by atoms with Crippen molar-refractivity contribution in [1.29, 1.82) is 0 Å². The van der Waals surface area contributed by atoms with Crippen LogP contribution in [-0.4, -0.2) is 0 Å². The normalized spacial score (nSPS) is 17.1. The van der Waals surface area contributed by atoms with Crippen molar-refractivity contribution in [3.05, 3.63) is 309 Å². The third-order valence-electron chi connectivity index (χ3n) is 23.5. The van der Waals surface area contributed by atoms with Gasteiger partial charge in [-0.25, -0.2) is 0 Å². The molecule has 16 heteroatoms. The summed E-state index contributed by atoms with van der Waals surface area (Å²) in [5.74, 6) is -1.06. The van der Waals surface area contributed by atoms with E-state index in [9.17, 15) is 0 Å². The fraction of sp³-hybridized carbons (Fsp3) is 0.234. The molecule has 12 aromatic carbocycles. The predicted molar refractivity (Wildman–Crippen MR) is 404 cm³/mol. The summed E-state index contributed by atoms with van der Waals surface area (Å²) in [5, 5.41) is 0. The Hall–Kier alpha value is -11.0. The smallest absolute Gasteiger partial charge is 0.420 e. The third kappa shape index (κ3) is 12.4. The molecule has 13 heterocycles. The van der Waals surface area contributed by atoms with Gasteiger partial charge >= 0.3 is 24.7 Å². The Labute approximate surface area is 628 Å². The summed E-state index contributed by atoms with van der Waals surface area (Å²) >= 11 is 0. The van der Waals surface area contributed by atoms with E-state index in [0.29, 0.717) is 70.2 Å². The van der Waals surface area contributed by atoms with Gasteiger partial charge in [0.25, 0.3) is 0 Å². The van der Waals surface area contributed by atoms with Crippen molar-refractivity contribution >= 4 is 0 Å². The molecule has 0 N–H and O–H groups in total. The van der Waals surface area contributed by atoms with E-state index < -0.39 is 102 Å². The molecule has 24 bridgehead atoms. The lowest BCUT2D eigenvalue weighted by Crippen LogP contribution is -2.27. The molecule has 0 saturated carbocycles. The average molecular weight is 1490 g/mol. The van der Waals surface area contributed by atoms with Gasteiger partial charge in [-0.05, 0) is 256 Å². The number of halogens is 12. The van der Waals surface area contributed by atoms with Crippen LogP contribution in [0.1, 0.15) is 148 Å². The van der Waals surface area contributed by atoms with Crippen LogP contribution in [-0.2, 0) is 57.2 Å². The molecule has 13 aliphatic heterocycles. The first kappa shape index (κ1) is 71.9. The van der Waals surface area contributed by atoms with Gasteiger partial charge in [-0.1, -0.05) is 201 Å². The summed E-state index contributed by atoms with van der Waals surface area (Å²) in [6, 6.07) is 64.5. The van der Waals surface area contributed by atoms with Crippen molar-refractivity contribution < 1.29 is 71.6 Å². The molecule has 0 fully saturated rings. The van der Waals surface area contributed by atoms with Crippen molar-refractivity contribution in [2.45, 2.75) is 138 Å². The highest BCUT2D eigenvalue weighted by Gasteiger charge is 2.59. The molecular formula is C94H72F12O4. The number of benzene rings is 12. The van der Waals surface area contributed by atoms with E-state index >= 15 is 52.7 Å². The monoisotopic (exact) mass is 1490 g/mol. The van der Waals surface area contributed by atoms with Gasteiger partial charge in [0.1, 0.15) is 46.0 Å². The molecule has 0 saturated heterocycles. The Kier molecular flexibility index (Phi) is 16.2. The molecule has 0 aromatic heterocycles. The molecule has 110 heavy (non-hydrogen) atoms. The van der Waals surface area contributed by atoms with Crippen LogP contribution in [0.25, 0.3) is 66.8 Å². The minimum atomic E-state index is -4.85. The van der Waals surface area contributed by atoms with Crippen molar-refractivity contribution in [2.24, 2.45) is 0 Å². The largest absolute Gasteiger partial charge is 0.457 e. The van der Waals surface area contributed by atoms with Crippen LogP contribution in [0.5, 0.6) is 46.0 Å². The van der Waals surface area contributed by atoms with Crippen molar-refractivity contribution in [3.63, 3.8) is 0 Å². The fourth-order valence-electron chi connectivity index (χ4n) is 18.9. The van der Waals surface area contributed by atoms with E-state index in [0.717, 1.165) is 68.8 Å². The molecule has 12 aromatic rings. The highest BCUT2D eigenvalue weighted by molar-refractivity contribution is 5.78. The molecule has 4 nitrogen and oxygen atoms in total. The zero-order valence-electron chi connectivity index (χ0n) is 61.1. The summed E-state index contributed by atoms with van der Waals surface area (Å²) in [5.41, 5.74) is 5.43. The topological polar surface area (TPSA) is 36.9 Å². The number of hydrogen-bond donors (Lipinski definition) is 0. The minimum absolute atomic E-state index is 0.159. The van der Waals surface area contributed by atoms with Crippen LogP contribution >= 0.6 is 0 Å². The summed E-state index contributed by atoms with van der Waals surface area (Å²) in [6.45, 7) is 16.8. The van der Waals surface area contributed by atoms with E-state index in [1.165, 1.54) is 24.3 Å². The molecular weight excluding hydrogens is 1420 g/mol. The molecule has 0 radical (unpaired) electrons. The molecule has 0 amide bonds. The standard InChI is InChI=1S/C94H72F12O4/c1-85(2)49-89-50-86(3,4)70-34-30-66(46-74(70)89)108-82-38-26-62(42-78(82)92(98,99)100)58-19-11-54(12-20-58)56-15-23-60(24-16-56)64-28-40-84(80(44-64)94(104,105)106)110-68-32-36-72-76(48-68)90(52-88(72,7)8)51-87(5,6)71-35-31-67(47-75(71)90)109-83-39-27-63(43-79(83)93(101,102)103)59-21-13-55(14-22-59)53-9-17-57(18-10-53)61-25-37-81(77(41-61)91(95,96)97)107-65-29-33-69(85)73(89)45-65/h9-48H,49-52H2,1-8H3. The van der Waals surface area contributed by atoms with Gasteiger partial charge in [0, 0.05) is 10.8 Å². The lowest BCUT2D eigenvalue weighted by atomic mass is 9.72. The van der Waals surface area contributed by atoms with Gasteiger partial charge in [0.15, 0.2) is 0 Å². The van der Waals surface area contributed by atoms with Crippen LogP contribution < -0.4 is 18.9 Å². The molecule has 0 unspecified atom stereocenters. The van der Waals surface area contributed by atoms with Gasteiger partial charge in [-0.15, -0.1) is 0 Å². The van der Waals surface area contributed by atoms with Crippen molar-refractivity contribution in [2.75, 3.05) is 0 Å². The first-order chi connectivity index (χ1) is 51.8. The molecule has 0 atom stereocenters. The summed E-state index contributed by atoms with van der Waals surface area (Å²) < 4.78 is 209. The van der Waals surface area contributed by atoms with Crippen LogP contribution in [0.3, 0.4) is 0 Å². The second-order valence-corrected chi connectivity index (χ2v) is 32.8. The molecule has 2 spiro atoms. The Morgan fingerprint density at radius 1 is 0.200 bits per heavy atom. The summed E-state index contributed by atoms with van der Waals surface area (Å²) in [6.07, 6.45) is -17.2. The highest BCUT2D eigenvalue weighted by atomic mass is 19.4. The van der Waals surface area contributed by atoms with E-state index in [1.54, 1.807) is 170 Å². The average Bonchev–Trinajstić information content (AvgIpc) is 1.53. The van der Waals surface area contributed by atoms with Crippen LogP contribution in [0.15, 0.2) is 243 Å².